The predicted molar refractivity (Wildman–Crippen MR) is 119 cm³/mol. The molecule has 170 valence electrons. The van der Waals surface area contributed by atoms with Gasteiger partial charge >= 0.3 is 0 Å². The molecule has 2 aliphatic heterocycles. The number of hydrogen-bond acceptors (Lipinski definition) is 7. The second-order valence-corrected chi connectivity index (χ2v) is 8.10. The molecule has 0 radical (unpaired) electrons. The molecule has 0 saturated carbocycles. The highest BCUT2D eigenvalue weighted by Crippen LogP contribution is 2.26. The molecule has 9 heteroatoms. The molecule has 1 atom stereocenters. The van der Waals surface area contributed by atoms with Crippen LogP contribution in [0, 0.1) is 6.92 Å². The molecular formula is C23H29N5O4. The van der Waals surface area contributed by atoms with Crippen molar-refractivity contribution in [2.45, 2.75) is 19.3 Å². The molecule has 2 amide bonds. The lowest BCUT2D eigenvalue weighted by Crippen LogP contribution is -2.44. The van der Waals surface area contributed by atoms with Crippen LogP contribution in [0.25, 0.3) is 0 Å². The normalized spacial score (nSPS) is 19.1. The van der Waals surface area contributed by atoms with Gasteiger partial charge in [-0.25, -0.2) is 9.97 Å². The van der Waals surface area contributed by atoms with Crippen molar-refractivity contribution in [3.8, 4) is 5.75 Å². The Morgan fingerprint density at radius 2 is 2.00 bits per heavy atom. The van der Waals surface area contributed by atoms with E-state index in [0.29, 0.717) is 61.4 Å². The molecule has 1 aromatic carbocycles. The number of ether oxygens (including phenoxy) is 2. The number of anilines is 1. The van der Waals surface area contributed by atoms with Crippen LogP contribution in [0.4, 0.5) is 5.69 Å². The third kappa shape index (κ3) is 5.05. The zero-order valence-corrected chi connectivity index (χ0v) is 18.5. The summed E-state index contributed by atoms with van der Waals surface area (Å²) in [6.45, 7) is 6.49. The number of likely N-dealkylation sites (tertiary alicyclic amines) is 1. The van der Waals surface area contributed by atoms with Crippen LogP contribution >= 0.6 is 0 Å². The fourth-order valence-corrected chi connectivity index (χ4v) is 4.09. The second-order valence-electron chi connectivity index (χ2n) is 8.10. The molecular weight excluding hydrogens is 410 g/mol. The molecule has 1 N–H and O–H groups in total. The maximum Gasteiger partial charge on any atom is 0.259 e. The zero-order valence-electron chi connectivity index (χ0n) is 18.5. The Morgan fingerprint density at radius 1 is 1.22 bits per heavy atom. The molecule has 9 nitrogen and oxygen atoms in total. The summed E-state index contributed by atoms with van der Waals surface area (Å²) in [5, 5.41) is 2.86. The Bertz CT molecular complexity index is 977. The van der Waals surface area contributed by atoms with Crippen LogP contribution in [0.1, 0.15) is 34.2 Å². The number of benzene rings is 1. The van der Waals surface area contributed by atoms with E-state index in [-0.39, 0.29) is 17.7 Å². The number of methoxy groups -OCH3 is 1. The number of amides is 2. The summed E-state index contributed by atoms with van der Waals surface area (Å²) in [4.78, 5) is 38.5. The molecule has 3 heterocycles. The Kier molecular flexibility index (Phi) is 6.96. The smallest absolute Gasteiger partial charge is 0.259 e. The van der Waals surface area contributed by atoms with Crippen LogP contribution in [0.2, 0.25) is 0 Å². The van der Waals surface area contributed by atoms with Gasteiger partial charge in [-0.2, -0.15) is 0 Å². The summed E-state index contributed by atoms with van der Waals surface area (Å²) >= 11 is 0. The molecule has 0 unspecified atom stereocenters. The Hall–Kier alpha value is -3.04. The van der Waals surface area contributed by atoms with Crippen molar-refractivity contribution in [1.82, 2.24) is 19.8 Å². The minimum Gasteiger partial charge on any atom is -0.495 e. The summed E-state index contributed by atoms with van der Waals surface area (Å²) in [5.41, 5.74) is 1.62. The number of nitrogens with one attached hydrogen (secondary N) is 1. The summed E-state index contributed by atoms with van der Waals surface area (Å²) in [6.07, 6.45) is 2.39. The lowest BCUT2D eigenvalue weighted by atomic mass is 10.1. The number of rotatable bonds is 6. The van der Waals surface area contributed by atoms with Gasteiger partial charge in [-0.05, 0) is 25.5 Å². The number of hydrogen-bond donors (Lipinski definition) is 1. The standard InChI is InChI=1S/C23H29N5O4/c1-16-18(23(30)26-19-5-3-4-6-20(19)31-2)13-24-22(25-16)17-7-8-28(14-17)21(29)15-27-9-11-32-12-10-27/h3-6,13,17H,7-12,14-15H2,1-2H3,(H,26,30)/t17-/m0/s1. The van der Waals surface area contributed by atoms with Crippen LogP contribution in [0.15, 0.2) is 30.5 Å². The van der Waals surface area contributed by atoms with E-state index in [1.54, 1.807) is 32.4 Å². The highest BCUT2D eigenvalue weighted by molar-refractivity contribution is 6.05. The average molecular weight is 440 g/mol. The zero-order chi connectivity index (χ0) is 22.5. The van der Waals surface area contributed by atoms with E-state index in [0.717, 1.165) is 19.5 Å². The summed E-state index contributed by atoms with van der Waals surface area (Å²) < 4.78 is 10.6. The molecule has 2 saturated heterocycles. The summed E-state index contributed by atoms with van der Waals surface area (Å²) in [6, 6.07) is 7.24. The van der Waals surface area contributed by atoms with E-state index in [1.807, 2.05) is 17.0 Å². The number of nitrogens with zero attached hydrogens (tertiary/aromatic N) is 4. The number of para-hydroxylation sites is 2. The third-order valence-electron chi connectivity index (χ3n) is 5.97. The van der Waals surface area contributed by atoms with E-state index in [2.05, 4.69) is 20.2 Å². The SMILES string of the molecule is COc1ccccc1NC(=O)c1cnc([C@H]2CCN(C(=O)CN3CCOCC3)C2)nc1C. The largest absolute Gasteiger partial charge is 0.495 e. The van der Waals surface area contributed by atoms with Crippen LogP contribution in [0.3, 0.4) is 0 Å². The average Bonchev–Trinajstić information content (AvgIpc) is 3.30. The monoisotopic (exact) mass is 439 g/mol. The molecule has 2 aromatic rings. The minimum absolute atomic E-state index is 0.0775. The number of carbonyl (C=O) groups excluding carboxylic acids is 2. The van der Waals surface area contributed by atoms with Gasteiger partial charge in [-0.15, -0.1) is 0 Å². The fraction of sp³-hybridized carbons (Fsp3) is 0.478. The lowest BCUT2D eigenvalue weighted by Gasteiger charge is -2.28. The van der Waals surface area contributed by atoms with Crippen molar-refractivity contribution in [3.63, 3.8) is 0 Å². The van der Waals surface area contributed by atoms with Gasteiger partial charge < -0.3 is 19.7 Å². The van der Waals surface area contributed by atoms with Crippen LogP contribution in [0.5, 0.6) is 5.75 Å². The van der Waals surface area contributed by atoms with Crippen molar-refractivity contribution in [1.29, 1.82) is 0 Å². The van der Waals surface area contributed by atoms with Crippen molar-refractivity contribution < 1.29 is 19.1 Å². The maximum absolute atomic E-state index is 12.8. The van der Waals surface area contributed by atoms with Crippen molar-refractivity contribution in [2.75, 3.05) is 58.4 Å². The molecule has 2 aliphatic rings. The number of aromatic nitrogens is 2. The van der Waals surface area contributed by atoms with Gasteiger partial charge in [0.25, 0.3) is 5.91 Å². The van der Waals surface area contributed by atoms with Gasteiger partial charge in [0.05, 0.1) is 43.8 Å². The lowest BCUT2D eigenvalue weighted by molar-refractivity contribution is -0.132. The highest BCUT2D eigenvalue weighted by Gasteiger charge is 2.30. The molecule has 32 heavy (non-hydrogen) atoms. The molecule has 0 bridgehead atoms. The first kappa shape index (κ1) is 22.2. The Labute approximate surface area is 187 Å². The number of carbonyl (C=O) groups is 2. The van der Waals surface area contributed by atoms with E-state index < -0.39 is 0 Å². The predicted octanol–water partition coefficient (Wildman–Crippen LogP) is 1.69. The van der Waals surface area contributed by atoms with Gasteiger partial charge in [-0.1, -0.05) is 12.1 Å². The Balaban J connectivity index is 1.37. The van der Waals surface area contributed by atoms with E-state index in [4.69, 9.17) is 9.47 Å². The van der Waals surface area contributed by atoms with Crippen LogP contribution in [-0.2, 0) is 9.53 Å². The quantitative estimate of drug-likeness (QED) is 0.732. The van der Waals surface area contributed by atoms with Crippen molar-refractivity contribution in [2.24, 2.45) is 0 Å². The summed E-state index contributed by atoms with van der Waals surface area (Å²) in [5.74, 6) is 1.20. The number of morpholine rings is 1. The first-order valence-corrected chi connectivity index (χ1v) is 10.9. The van der Waals surface area contributed by atoms with Crippen molar-refractivity contribution >= 4 is 17.5 Å². The maximum atomic E-state index is 12.8. The van der Waals surface area contributed by atoms with Gasteiger partial charge in [0, 0.05) is 38.3 Å². The molecule has 0 aliphatic carbocycles. The van der Waals surface area contributed by atoms with E-state index >= 15 is 0 Å². The van der Waals surface area contributed by atoms with Gasteiger partial charge in [0.15, 0.2) is 0 Å². The molecule has 2 fully saturated rings. The third-order valence-corrected chi connectivity index (χ3v) is 5.97. The first-order chi connectivity index (χ1) is 15.5. The topological polar surface area (TPSA) is 96.9 Å². The minimum atomic E-state index is -0.285. The second kappa shape index (κ2) is 10.1. The van der Waals surface area contributed by atoms with Crippen LogP contribution < -0.4 is 10.1 Å². The number of aryl methyl sites for hydroxylation is 1. The molecule has 0 spiro atoms. The fourth-order valence-electron chi connectivity index (χ4n) is 4.09. The van der Waals surface area contributed by atoms with Gasteiger partial charge in [0.2, 0.25) is 5.91 Å². The first-order valence-electron chi connectivity index (χ1n) is 10.9. The molecule has 1 aromatic heterocycles. The van der Waals surface area contributed by atoms with E-state index in [1.165, 1.54) is 0 Å². The van der Waals surface area contributed by atoms with Gasteiger partial charge in [-0.3, -0.25) is 14.5 Å². The van der Waals surface area contributed by atoms with E-state index in [9.17, 15) is 9.59 Å². The van der Waals surface area contributed by atoms with Gasteiger partial charge in [0.1, 0.15) is 11.6 Å². The summed E-state index contributed by atoms with van der Waals surface area (Å²) in [7, 11) is 1.56. The van der Waals surface area contributed by atoms with Crippen molar-refractivity contribution in [3.05, 3.63) is 47.5 Å². The highest BCUT2D eigenvalue weighted by atomic mass is 16.5. The molecule has 4 rings (SSSR count). The Morgan fingerprint density at radius 3 is 2.75 bits per heavy atom. The van der Waals surface area contributed by atoms with Crippen LogP contribution in [-0.4, -0.2) is 84.6 Å².